The average molecular weight is 787 g/mol. The third-order valence-corrected chi connectivity index (χ3v) is 11.4. The zero-order chi connectivity index (χ0) is 36.1. The van der Waals surface area contributed by atoms with E-state index in [9.17, 15) is 70.2 Å². The lowest BCUT2D eigenvalue weighted by atomic mass is 10.0. The first-order valence-electron chi connectivity index (χ1n) is 13.1. The van der Waals surface area contributed by atoms with Crippen LogP contribution < -0.4 is 0 Å². The van der Waals surface area contributed by atoms with Crippen LogP contribution in [0.4, 0.5) is 70.2 Å². The minimum Gasteiger partial charge on any atom is -0.206 e. The van der Waals surface area contributed by atoms with Crippen molar-refractivity contribution in [3.63, 3.8) is 0 Å². The molecule has 0 radical (unpaired) electrons. The highest BCUT2D eigenvalue weighted by molar-refractivity contribution is 7.28. The van der Waals surface area contributed by atoms with Crippen molar-refractivity contribution in [2.24, 2.45) is 0 Å². The topological polar surface area (TPSA) is 0 Å². The molecule has 0 fully saturated rings. The van der Waals surface area contributed by atoms with Crippen LogP contribution in [0.1, 0.15) is 35.4 Å². The summed E-state index contributed by atoms with van der Waals surface area (Å²) in [6, 6.07) is 10.9. The van der Waals surface area contributed by atoms with Crippen molar-refractivity contribution in [3.05, 3.63) is 58.3 Å². The molecule has 4 heterocycles. The Morgan fingerprint density at radius 2 is 0.812 bits per heavy atom. The van der Waals surface area contributed by atoms with E-state index in [1.54, 1.807) is 18.2 Å². The van der Waals surface area contributed by atoms with Crippen LogP contribution in [0.3, 0.4) is 0 Å². The molecule has 0 aliphatic carbocycles. The van der Waals surface area contributed by atoms with Gasteiger partial charge >= 0.3 is 18.3 Å². The molecule has 0 atom stereocenters. The molecule has 0 aliphatic heterocycles. The lowest BCUT2D eigenvalue weighted by Gasteiger charge is -2.27. The van der Waals surface area contributed by atoms with E-state index in [1.807, 2.05) is 0 Å². The quantitative estimate of drug-likeness (QED) is 0.118. The van der Waals surface area contributed by atoms with Gasteiger partial charge in [-0.3, -0.25) is 0 Å². The summed E-state index contributed by atoms with van der Waals surface area (Å²) >= 11 is 3.40. The van der Waals surface area contributed by atoms with Gasteiger partial charge in [-0.1, -0.05) is 0 Å². The van der Waals surface area contributed by atoms with Crippen LogP contribution in [0.15, 0.2) is 48.5 Å². The predicted octanol–water partition coefficient (Wildman–Crippen LogP) is 13.8. The summed E-state index contributed by atoms with van der Waals surface area (Å²) in [6.07, 6.45) is -23.6. The van der Waals surface area contributed by atoms with Gasteiger partial charge in [-0.2, -0.15) is 35.1 Å². The first-order chi connectivity index (χ1) is 21.7. The van der Waals surface area contributed by atoms with Crippen molar-refractivity contribution in [2.75, 3.05) is 0 Å². The Morgan fingerprint density at radius 3 is 1.29 bits per heavy atom. The molecule has 0 bridgehead atoms. The summed E-state index contributed by atoms with van der Waals surface area (Å²) in [7, 11) is 0. The van der Waals surface area contributed by atoms with Crippen LogP contribution in [-0.2, 0) is 12.3 Å². The van der Waals surface area contributed by atoms with Gasteiger partial charge in [0.2, 0.25) is 0 Å². The van der Waals surface area contributed by atoms with E-state index in [-0.39, 0.29) is 9.75 Å². The highest BCUT2D eigenvalue weighted by Gasteiger charge is 2.63. The van der Waals surface area contributed by atoms with Crippen LogP contribution in [0.2, 0.25) is 0 Å². The maximum absolute atomic E-state index is 14.6. The Balaban J connectivity index is 1.43. The van der Waals surface area contributed by atoms with Crippen LogP contribution >= 0.6 is 45.3 Å². The van der Waals surface area contributed by atoms with Gasteiger partial charge in [0.15, 0.2) is 0 Å². The summed E-state index contributed by atoms with van der Waals surface area (Å²) in [5, 5.41) is 0. The van der Waals surface area contributed by atoms with Crippen LogP contribution in [0.5, 0.6) is 0 Å². The molecule has 0 aliphatic rings. The van der Waals surface area contributed by atoms with E-state index in [0.29, 0.717) is 35.7 Å². The van der Waals surface area contributed by atoms with Crippen molar-refractivity contribution in [2.45, 2.75) is 74.1 Å². The number of rotatable bonds is 13. The highest BCUT2D eigenvalue weighted by atomic mass is 32.1. The Bertz CT molecular complexity index is 1680. The molecular formula is C28H18F16S4. The minimum atomic E-state index is -6.35. The number of alkyl halides is 16. The maximum atomic E-state index is 14.6. The van der Waals surface area contributed by atoms with Crippen molar-refractivity contribution in [1.29, 1.82) is 0 Å². The Morgan fingerprint density at radius 1 is 0.396 bits per heavy atom. The first-order valence-corrected chi connectivity index (χ1v) is 16.4. The number of thiophene rings is 4. The number of hydrogen-bond donors (Lipinski definition) is 0. The fourth-order valence-corrected chi connectivity index (χ4v) is 8.78. The van der Waals surface area contributed by atoms with Gasteiger partial charge in [-0.05, 0) is 48.5 Å². The molecule has 48 heavy (non-hydrogen) atoms. The summed E-state index contributed by atoms with van der Waals surface area (Å²) in [4.78, 5) is 1.70. The van der Waals surface area contributed by atoms with Gasteiger partial charge in [-0.15, -0.1) is 45.3 Å². The third kappa shape index (κ3) is 9.89. The van der Waals surface area contributed by atoms with E-state index in [1.165, 1.54) is 18.2 Å². The van der Waals surface area contributed by atoms with E-state index in [2.05, 4.69) is 0 Å². The molecular weight excluding hydrogens is 769 g/mol. The molecule has 0 spiro atoms. The maximum Gasteiger partial charge on any atom is 0.453 e. The third-order valence-electron chi connectivity index (χ3n) is 6.35. The molecule has 4 aromatic heterocycles. The normalized spacial score (nSPS) is 14.2. The second-order valence-electron chi connectivity index (χ2n) is 10.7. The molecule has 4 rings (SSSR count). The van der Waals surface area contributed by atoms with Crippen molar-refractivity contribution in [3.8, 4) is 29.3 Å². The first kappa shape index (κ1) is 38.5. The number of halogens is 16. The van der Waals surface area contributed by atoms with Crippen molar-refractivity contribution in [1.82, 2.24) is 0 Å². The van der Waals surface area contributed by atoms with Gasteiger partial charge in [0.1, 0.15) is 6.42 Å². The van der Waals surface area contributed by atoms with Crippen LogP contribution in [0, 0.1) is 0 Å². The Kier molecular flexibility index (Phi) is 10.5. The molecule has 0 aromatic carbocycles. The highest BCUT2D eigenvalue weighted by Crippen LogP contribution is 2.50. The second-order valence-corrected chi connectivity index (χ2v) is 15.2. The Labute approximate surface area is 276 Å². The average Bonchev–Trinajstić information content (AvgIpc) is 3.65. The summed E-state index contributed by atoms with van der Waals surface area (Å²) in [5.41, 5.74) is 0. The molecule has 20 heteroatoms. The summed E-state index contributed by atoms with van der Waals surface area (Å²) in [5.74, 6) is -24.2. The van der Waals surface area contributed by atoms with Crippen LogP contribution in [-0.4, -0.2) is 36.0 Å². The summed E-state index contributed by atoms with van der Waals surface area (Å²) in [6.45, 7) is 0. The van der Waals surface area contributed by atoms with E-state index in [0.717, 1.165) is 46.1 Å². The molecule has 0 nitrogen and oxygen atoms in total. The fraction of sp³-hybridized carbons (Fsp3) is 0.429. The molecule has 0 amide bonds. The summed E-state index contributed by atoms with van der Waals surface area (Å²) < 4.78 is 213. The second kappa shape index (κ2) is 13.1. The van der Waals surface area contributed by atoms with Crippen molar-refractivity contribution >= 4 is 45.3 Å². The lowest BCUT2D eigenvalue weighted by molar-refractivity contribution is -0.304. The van der Waals surface area contributed by atoms with Gasteiger partial charge in [-0.25, -0.2) is 35.1 Å². The molecule has 0 N–H and O–H groups in total. The molecule has 0 saturated heterocycles. The van der Waals surface area contributed by atoms with Gasteiger partial charge in [0.25, 0.3) is 23.7 Å². The van der Waals surface area contributed by atoms with Gasteiger partial charge in [0.05, 0.1) is 24.1 Å². The monoisotopic (exact) mass is 786 g/mol. The Hall–Kier alpha value is -2.32. The van der Waals surface area contributed by atoms with Crippen LogP contribution in [0.25, 0.3) is 29.3 Å². The predicted molar refractivity (Wildman–Crippen MR) is 152 cm³/mol. The standard InChI is InChI=1S/C28H18F16S4/c29-22(30,10-23(31,32)13-27(39,40)41)9-14-1-2-15(45-14)16-3-4-17(46-16)18-5-6-19(47-18)20-7-8-21(48-20)25(35,36)11-24(33,34)12-26(37,38)28(42,43)44/h1-8H,9-13H2. The number of hydrogen-bond acceptors (Lipinski definition) is 4. The smallest absolute Gasteiger partial charge is 0.206 e. The molecule has 266 valence electrons. The largest absolute Gasteiger partial charge is 0.453 e. The van der Waals surface area contributed by atoms with Gasteiger partial charge in [0, 0.05) is 40.6 Å². The van der Waals surface area contributed by atoms with E-state index >= 15 is 0 Å². The fourth-order valence-electron chi connectivity index (χ4n) is 4.43. The minimum absolute atomic E-state index is 0.0525. The zero-order valence-corrected chi connectivity index (χ0v) is 26.6. The zero-order valence-electron chi connectivity index (χ0n) is 23.3. The van der Waals surface area contributed by atoms with Gasteiger partial charge < -0.3 is 0 Å². The van der Waals surface area contributed by atoms with E-state index < -0.39 is 78.9 Å². The molecule has 0 saturated carbocycles. The van der Waals surface area contributed by atoms with E-state index in [4.69, 9.17) is 0 Å². The molecule has 0 unspecified atom stereocenters. The van der Waals surface area contributed by atoms with Crippen molar-refractivity contribution < 1.29 is 70.2 Å². The molecule has 4 aromatic rings. The SMILES string of the molecule is FC(F)(F)CC(F)(F)CC(F)(F)Cc1ccc(-c2ccc(-c3ccc(-c4ccc(C(F)(F)CC(F)(F)CC(F)(F)C(F)(F)F)s4)s3)s2)s1. The lowest BCUT2D eigenvalue weighted by Crippen LogP contribution is -2.43.